The fourth-order valence-corrected chi connectivity index (χ4v) is 2.26. The highest BCUT2D eigenvalue weighted by Gasteiger charge is 2.15. The van der Waals surface area contributed by atoms with Crippen LogP contribution in [0.3, 0.4) is 0 Å². The topological polar surface area (TPSA) is 77.0 Å². The Bertz CT molecular complexity index is 568. The van der Waals surface area contributed by atoms with Crippen LogP contribution in [0.2, 0.25) is 0 Å². The summed E-state index contributed by atoms with van der Waals surface area (Å²) in [6.07, 6.45) is 2.07. The van der Waals surface area contributed by atoms with E-state index in [4.69, 9.17) is 10.3 Å². The standard InChI is InChI=1S/C15H22N4O/c1-5-11(6-2)17-15-12(16)7-8-13(18-15)14-9(3)19-20-10(14)4/h7-8,11H,5-6,16H2,1-4H3,(H,17,18). The second-order valence-corrected chi connectivity index (χ2v) is 4.99. The number of pyridine rings is 1. The normalized spacial score (nSPS) is 11.1. The van der Waals surface area contributed by atoms with E-state index in [1.165, 1.54) is 0 Å². The van der Waals surface area contributed by atoms with E-state index in [2.05, 4.69) is 29.3 Å². The van der Waals surface area contributed by atoms with Crippen molar-refractivity contribution in [1.82, 2.24) is 10.1 Å². The SMILES string of the molecule is CCC(CC)Nc1nc(-c2c(C)noc2C)ccc1N. The summed E-state index contributed by atoms with van der Waals surface area (Å²) in [5.41, 5.74) is 9.29. The lowest BCUT2D eigenvalue weighted by molar-refractivity contribution is 0.393. The second-order valence-electron chi connectivity index (χ2n) is 4.99. The molecule has 0 saturated heterocycles. The van der Waals surface area contributed by atoms with Gasteiger partial charge in [0.05, 0.1) is 22.6 Å². The van der Waals surface area contributed by atoms with Gasteiger partial charge in [0.2, 0.25) is 0 Å². The predicted molar refractivity (Wildman–Crippen MR) is 81.6 cm³/mol. The molecule has 0 spiro atoms. The van der Waals surface area contributed by atoms with Crippen LogP contribution in [0.25, 0.3) is 11.3 Å². The third kappa shape index (κ3) is 2.76. The van der Waals surface area contributed by atoms with Gasteiger partial charge < -0.3 is 15.6 Å². The summed E-state index contributed by atoms with van der Waals surface area (Å²) in [5.74, 6) is 1.50. The van der Waals surface area contributed by atoms with E-state index in [-0.39, 0.29) is 0 Å². The Kier molecular flexibility index (Phi) is 4.27. The summed E-state index contributed by atoms with van der Waals surface area (Å²) in [7, 11) is 0. The van der Waals surface area contributed by atoms with E-state index in [0.29, 0.717) is 11.7 Å². The number of nitrogens with zero attached hydrogens (tertiary/aromatic N) is 2. The third-order valence-corrected chi connectivity index (χ3v) is 3.54. The van der Waals surface area contributed by atoms with Crippen LogP contribution in [0.4, 0.5) is 11.5 Å². The number of aromatic nitrogens is 2. The maximum atomic E-state index is 6.01. The first-order chi connectivity index (χ1) is 9.56. The largest absolute Gasteiger partial charge is 0.396 e. The summed E-state index contributed by atoms with van der Waals surface area (Å²) < 4.78 is 5.20. The van der Waals surface area contributed by atoms with Gasteiger partial charge in [-0.1, -0.05) is 19.0 Å². The monoisotopic (exact) mass is 274 g/mol. The molecule has 0 fully saturated rings. The molecule has 0 aliphatic heterocycles. The lowest BCUT2D eigenvalue weighted by Gasteiger charge is -2.17. The van der Waals surface area contributed by atoms with Gasteiger partial charge in [0.25, 0.3) is 0 Å². The van der Waals surface area contributed by atoms with Gasteiger partial charge in [-0.15, -0.1) is 0 Å². The molecular formula is C15H22N4O. The molecule has 0 radical (unpaired) electrons. The first kappa shape index (κ1) is 14.4. The van der Waals surface area contributed by atoms with Gasteiger partial charge in [-0.2, -0.15) is 0 Å². The van der Waals surface area contributed by atoms with Crippen molar-refractivity contribution in [2.45, 2.75) is 46.6 Å². The molecule has 0 aromatic carbocycles. The zero-order valence-electron chi connectivity index (χ0n) is 12.5. The minimum absolute atomic E-state index is 0.379. The molecule has 5 nitrogen and oxygen atoms in total. The fourth-order valence-electron chi connectivity index (χ4n) is 2.26. The van der Waals surface area contributed by atoms with Crippen molar-refractivity contribution in [3.8, 4) is 11.3 Å². The zero-order valence-corrected chi connectivity index (χ0v) is 12.5. The first-order valence-electron chi connectivity index (χ1n) is 7.03. The molecule has 0 aliphatic rings. The van der Waals surface area contributed by atoms with Crippen molar-refractivity contribution in [1.29, 1.82) is 0 Å². The lowest BCUT2D eigenvalue weighted by atomic mass is 10.1. The van der Waals surface area contributed by atoms with Crippen LogP contribution in [0.15, 0.2) is 16.7 Å². The van der Waals surface area contributed by atoms with Gasteiger partial charge in [-0.25, -0.2) is 4.98 Å². The summed E-state index contributed by atoms with van der Waals surface area (Å²) in [6, 6.07) is 4.16. The summed E-state index contributed by atoms with van der Waals surface area (Å²) in [4.78, 5) is 4.64. The van der Waals surface area contributed by atoms with Crippen LogP contribution < -0.4 is 11.1 Å². The van der Waals surface area contributed by atoms with E-state index >= 15 is 0 Å². The van der Waals surface area contributed by atoms with E-state index in [1.807, 2.05) is 26.0 Å². The minimum Gasteiger partial charge on any atom is -0.396 e. The van der Waals surface area contributed by atoms with Crippen LogP contribution in [-0.4, -0.2) is 16.2 Å². The number of nitrogens with one attached hydrogen (secondary N) is 1. The van der Waals surface area contributed by atoms with Crippen LogP contribution in [0.5, 0.6) is 0 Å². The molecule has 3 N–H and O–H groups in total. The number of hydrogen-bond acceptors (Lipinski definition) is 5. The van der Waals surface area contributed by atoms with Gasteiger partial charge in [0, 0.05) is 6.04 Å². The minimum atomic E-state index is 0.379. The van der Waals surface area contributed by atoms with Crippen LogP contribution in [0.1, 0.15) is 38.1 Å². The average molecular weight is 274 g/mol. The maximum Gasteiger partial charge on any atom is 0.150 e. The van der Waals surface area contributed by atoms with Crippen LogP contribution in [0, 0.1) is 13.8 Å². The van der Waals surface area contributed by atoms with E-state index in [9.17, 15) is 0 Å². The van der Waals surface area contributed by atoms with E-state index in [0.717, 1.165) is 41.4 Å². The first-order valence-corrected chi connectivity index (χ1v) is 7.03. The Morgan fingerprint density at radius 2 is 1.95 bits per heavy atom. The van der Waals surface area contributed by atoms with E-state index < -0.39 is 0 Å². The molecule has 0 aliphatic carbocycles. The number of nitrogens with two attached hydrogens (primary N) is 1. The average Bonchev–Trinajstić information content (AvgIpc) is 2.77. The van der Waals surface area contributed by atoms with Crippen molar-refractivity contribution in [3.63, 3.8) is 0 Å². The Labute approximate surface area is 119 Å². The molecule has 0 atom stereocenters. The molecular weight excluding hydrogens is 252 g/mol. The Balaban J connectivity index is 2.38. The van der Waals surface area contributed by atoms with Gasteiger partial charge in [-0.05, 0) is 38.8 Å². The van der Waals surface area contributed by atoms with Crippen molar-refractivity contribution < 1.29 is 4.52 Å². The molecule has 2 aromatic rings. The lowest BCUT2D eigenvalue weighted by Crippen LogP contribution is -2.19. The molecule has 0 amide bonds. The molecule has 108 valence electrons. The van der Waals surface area contributed by atoms with Gasteiger partial charge in [-0.3, -0.25) is 0 Å². The third-order valence-electron chi connectivity index (χ3n) is 3.54. The number of rotatable bonds is 5. The number of nitrogen functional groups attached to an aromatic ring is 1. The van der Waals surface area contributed by atoms with Crippen molar-refractivity contribution >= 4 is 11.5 Å². The Morgan fingerprint density at radius 3 is 2.50 bits per heavy atom. The number of aryl methyl sites for hydroxylation is 2. The second kappa shape index (κ2) is 5.94. The molecule has 20 heavy (non-hydrogen) atoms. The molecule has 2 aromatic heterocycles. The maximum absolute atomic E-state index is 6.01. The van der Waals surface area contributed by atoms with Gasteiger partial charge >= 0.3 is 0 Å². The highest BCUT2D eigenvalue weighted by atomic mass is 16.5. The van der Waals surface area contributed by atoms with Gasteiger partial charge in [0.1, 0.15) is 11.6 Å². The molecule has 0 bridgehead atoms. The summed E-state index contributed by atoms with van der Waals surface area (Å²) >= 11 is 0. The smallest absolute Gasteiger partial charge is 0.150 e. The molecule has 0 unspecified atom stereocenters. The molecule has 2 heterocycles. The van der Waals surface area contributed by atoms with Crippen LogP contribution in [-0.2, 0) is 0 Å². The Morgan fingerprint density at radius 1 is 1.25 bits per heavy atom. The molecule has 2 rings (SSSR count). The molecule has 5 heteroatoms. The van der Waals surface area contributed by atoms with E-state index in [1.54, 1.807) is 0 Å². The van der Waals surface area contributed by atoms with Gasteiger partial charge in [0.15, 0.2) is 0 Å². The van der Waals surface area contributed by atoms with Crippen molar-refractivity contribution in [2.75, 3.05) is 11.1 Å². The quantitative estimate of drug-likeness (QED) is 0.872. The van der Waals surface area contributed by atoms with Crippen molar-refractivity contribution in [3.05, 3.63) is 23.6 Å². The predicted octanol–water partition coefficient (Wildman–Crippen LogP) is 3.54. The Hall–Kier alpha value is -2.04. The number of anilines is 2. The molecule has 0 saturated carbocycles. The highest BCUT2D eigenvalue weighted by Crippen LogP contribution is 2.28. The summed E-state index contributed by atoms with van der Waals surface area (Å²) in [6.45, 7) is 8.10. The summed E-state index contributed by atoms with van der Waals surface area (Å²) in [5, 5.41) is 7.37. The zero-order chi connectivity index (χ0) is 14.7. The van der Waals surface area contributed by atoms with Crippen molar-refractivity contribution in [2.24, 2.45) is 0 Å². The highest BCUT2D eigenvalue weighted by molar-refractivity contribution is 5.71. The van der Waals surface area contributed by atoms with Crippen LogP contribution >= 0.6 is 0 Å². The number of hydrogen-bond donors (Lipinski definition) is 2. The fraction of sp³-hybridized carbons (Fsp3) is 0.467.